The van der Waals surface area contributed by atoms with Crippen molar-refractivity contribution in [3.63, 3.8) is 0 Å². The summed E-state index contributed by atoms with van der Waals surface area (Å²) in [6, 6.07) is 15.8. The molecule has 4 aromatic rings. The molecule has 3 aromatic carbocycles. The highest BCUT2D eigenvalue weighted by molar-refractivity contribution is 7.91. The minimum Gasteiger partial charge on any atom is -0.491 e. The SMILES string of the molecule is CCOC(=O)[C@H]1CCN(C(=O)[C@@H](Nc2ccc3c(N)nccc3c2)c2ccc(F)c(OCC)c2)[C@H]1c1ccccc1S(=O)(=O)CC. The van der Waals surface area contributed by atoms with Crippen LogP contribution < -0.4 is 15.8 Å². The molecule has 12 heteroatoms. The summed E-state index contributed by atoms with van der Waals surface area (Å²) in [6.07, 6.45) is 1.85. The van der Waals surface area contributed by atoms with Gasteiger partial charge in [0.15, 0.2) is 21.4 Å². The largest absolute Gasteiger partial charge is 0.491 e. The van der Waals surface area contributed by atoms with Gasteiger partial charge in [0.2, 0.25) is 5.91 Å². The molecule has 0 saturated carbocycles. The summed E-state index contributed by atoms with van der Waals surface area (Å²) in [7, 11) is -3.72. The van der Waals surface area contributed by atoms with E-state index in [2.05, 4.69) is 10.3 Å². The van der Waals surface area contributed by atoms with Gasteiger partial charge in [-0.2, -0.15) is 0 Å². The monoisotopic (exact) mass is 648 g/mol. The smallest absolute Gasteiger partial charge is 0.311 e. The molecule has 242 valence electrons. The zero-order valence-electron chi connectivity index (χ0n) is 25.9. The van der Waals surface area contributed by atoms with Crippen LogP contribution in [0, 0.1) is 11.7 Å². The highest BCUT2D eigenvalue weighted by Crippen LogP contribution is 2.43. The molecule has 0 bridgehead atoms. The molecule has 1 amide bonds. The van der Waals surface area contributed by atoms with Gasteiger partial charge >= 0.3 is 5.97 Å². The quantitative estimate of drug-likeness (QED) is 0.203. The molecular formula is C34H37FN4O6S. The number of hydrogen-bond donors (Lipinski definition) is 2. The van der Waals surface area contributed by atoms with Crippen molar-refractivity contribution in [3.8, 4) is 5.75 Å². The zero-order chi connectivity index (χ0) is 33.0. The number of benzene rings is 3. The number of likely N-dealkylation sites (tertiary alicyclic amines) is 1. The molecule has 1 fully saturated rings. The molecule has 1 aliphatic heterocycles. The number of nitrogen functional groups attached to an aromatic ring is 1. The molecule has 46 heavy (non-hydrogen) atoms. The van der Waals surface area contributed by atoms with Crippen molar-refractivity contribution in [2.45, 2.75) is 44.2 Å². The fourth-order valence-electron chi connectivity index (χ4n) is 5.96. The summed E-state index contributed by atoms with van der Waals surface area (Å²) in [5.74, 6) is -2.15. The average molecular weight is 649 g/mol. The molecule has 2 heterocycles. The van der Waals surface area contributed by atoms with E-state index < -0.39 is 45.5 Å². The van der Waals surface area contributed by atoms with E-state index in [0.29, 0.717) is 22.6 Å². The van der Waals surface area contributed by atoms with Crippen LogP contribution in [-0.4, -0.2) is 55.7 Å². The van der Waals surface area contributed by atoms with Crippen LogP contribution in [0.15, 0.2) is 77.8 Å². The van der Waals surface area contributed by atoms with E-state index in [1.807, 2.05) is 6.07 Å². The Hall–Kier alpha value is -4.71. The van der Waals surface area contributed by atoms with Crippen molar-refractivity contribution < 1.29 is 31.9 Å². The summed E-state index contributed by atoms with van der Waals surface area (Å²) in [6.45, 7) is 5.47. The molecule has 0 radical (unpaired) electrons. The first-order chi connectivity index (χ1) is 22.1. The summed E-state index contributed by atoms with van der Waals surface area (Å²) < 4.78 is 52.0. The Morgan fingerprint density at radius 2 is 1.85 bits per heavy atom. The lowest BCUT2D eigenvalue weighted by Crippen LogP contribution is -2.40. The van der Waals surface area contributed by atoms with Crippen molar-refractivity contribution >= 4 is 44.0 Å². The maximum absolute atomic E-state index is 14.8. The molecule has 5 rings (SSSR count). The molecule has 1 aromatic heterocycles. The second-order valence-electron chi connectivity index (χ2n) is 10.9. The van der Waals surface area contributed by atoms with Crippen LogP contribution >= 0.6 is 0 Å². The van der Waals surface area contributed by atoms with Gasteiger partial charge in [0.05, 0.1) is 35.8 Å². The summed E-state index contributed by atoms with van der Waals surface area (Å²) >= 11 is 0. The molecular weight excluding hydrogens is 611 g/mol. The normalized spacial score (nSPS) is 17.1. The molecule has 3 atom stereocenters. The van der Waals surface area contributed by atoms with Crippen LogP contribution in [0.4, 0.5) is 15.9 Å². The minimum atomic E-state index is -3.72. The van der Waals surface area contributed by atoms with Crippen LogP contribution in [0.1, 0.15) is 50.4 Å². The number of ether oxygens (including phenoxy) is 2. The van der Waals surface area contributed by atoms with E-state index in [-0.39, 0.29) is 42.6 Å². The number of esters is 1. The second-order valence-corrected chi connectivity index (χ2v) is 13.1. The Morgan fingerprint density at radius 1 is 1.07 bits per heavy atom. The fraction of sp³-hybridized carbons (Fsp3) is 0.324. The van der Waals surface area contributed by atoms with Crippen LogP contribution in [0.3, 0.4) is 0 Å². The number of nitrogens with two attached hydrogens (primary N) is 1. The second kappa shape index (κ2) is 13.7. The predicted molar refractivity (Wildman–Crippen MR) is 173 cm³/mol. The first kappa shape index (κ1) is 32.7. The summed E-state index contributed by atoms with van der Waals surface area (Å²) in [5.41, 5.74) is 7.38. The summed E-state index contributed by atoms with van der Waals surface area (Å²) in [4.78, 5) is 33.7. The van der Waals surface area contributed by atoms with E-state index >= 15 is 0 Å². The highest BCUT2D eigenvalue weighted by Gasteiger charge is 2.46. The van der Waals surface area contributed by atoms with E-state index in [4.69, 9.17) is 15.2 Å². The van der Waals surface area contributed by atoms with E-state index in [9.17, 15) is 22.4 Å². The predicted octanol–water partition coefficient (Wildman–Crippen LogP) is 5.45. The lowest BCUT2D eigenvalue weighted by molar-refractivity contribution is -0.149. The van der Waals surface area contributed by atoms with Crippen LogP contribution in [0.2, 0.25) is 0 Å². The number of carbonyl (C=O) groups is 2. The average Bonchev–Trinajstić information content (AvgIpc) is 3.50. The number of fused-ring (bicyclic) bond motifs is 1. The number of pyridine rings is 1. The van der Waals surface area contributed by atoms with Gasteiger partial charge in [0.25, 0.3) is 0 Å². The highest BCUT2D eigenvalue weighted by atomic mass is 32.2. The van der Waals surface area contributed by atoms with E-state index in [1.54, 1.807) is 63.4 Å². The van der Waals surface area contributed by atoms with Crippen molar-refractivity contribution in [3.05, 3.63) is 89.9 Å². The molecule has 1 saturated heterocycles. The maximum Gasteiger partial charge on any atom is 0.311 e. The van der Waals surface area contributed by atoms with Crippen molar-refractivity contribution in [2.24, 2.45) is 5.92 Å². The number of hydrogen-bond acceptors (Lipinski definition) is 9. The van der Waals surface area contributed by atoms with Gasteiger partial charge in [-0.15, -0.1) is 0 Å². The summed E-state index contributed by atoms with van der Waals surface area (Å²) in [5, 5.41) is 4.83. The number of halogens is 1. The fourth-order valence-corrected chi connectivity index (χ4v) is 7.11. The molecule has 0 aliphatic carbocycles. The van der Waals surface area contributed by atoms with Gasteiger partial charge in [-0.1, -0.05) is 31.2 Å². The molecule has 10 nitrogen and oxygen atoms in total. The number of anilines is 2. The van der Waals surface area contributed by atoms with Gasteiger partial charge in [-0.3, -0.25) is 9.59 Å². The molecule has 0 unspecified atom stereocenters. The number of amides is 1. The Morgan fingerprint density at radius 3 is 2.59 bits per heavy atom. The van der Waals surface area contributed by atoms with Crippen LogP contribution in [0.25, 0.3) is 10.8 Å². The minimum absolute atomic E-state index is 0.0151. The lowest BCUT2D eigenvalue weighted by Gasteiger charge is -2.33. The number of nitrogens with one attached hydrogen (secondary N) is 1. The Bertz CT molecular complexity index is 1870. The third kappa shape index (κ3) is 6.48. The third-order valence-electron chi connectivity index (χ3n) is 8.16. The van der Waals surface area contributed by atoms with Gasteiger partial charge in [-0.05, 0) is 79.2 Å². The van der Waals surface area contributed by atoms with Gasteiger partial charge in [-0.25, -0.2) is 17.8 Å². The molecule has 0 spiro atoms. The van der Waals surface area contributed by atoms with Gasteiger partial charge in [0.1, 0.15) is 11.9 Å². The number of nitrogens with zero attached hydrogens (tertiary/aromatic N) is 2. The third-order valence-corrected chi connectivity index (χ3v) is 9.97. The van der Waals surface area contributed by atoms with Crippen molar-refractivity contribution in [2.75, 3.05) is 36.6 Å². The topological polar surface area (TPSA) is 141 Å². The Labute approximate surface area is 267 Å². The van der Waals surface area contributed by atoms with E-state index in [0.717, 1.165) is 10.8 Å². The van der Waals surface area contributed by atoms with Crippen molar-refractivity contribution in [1.82, 2.24) is 9.88 Å². The van der Waals surface area contributed by atoms with Gasteiger partial charge < -0.3 is 25.4 Å². The standard InChI is InChI=1S/C34H37FN4O6S/c1-4-44-28-20-22(11-14-27(28)35)30(38-23-12-13-24-21(19-23)15-17-37-32(24)36)33(40)39-18-16-26(34(41)45-5-2)31(39)25-9-7-8-10-29(25)46(42,43)6-3/h7-15,17,19-20,26,30-31,38H,4-6,16,18H2,1-3H3,(H2,36,37)/t26-,30-,31-/m0/s1. The zero-order valence-corrected chi connectivity index (χ0v) is 26.7. The van der Waals surface area contributed by atoms with E-state index in [1.165, 1.54) is 29.2 Å². The Balaban J connectivity index is 1.63. The van der Waals surface area contributed by atoms with Gasteiger partial charge in [0, 0.05) is 23.8 Å². The molecule has 1 aliphatic rings. The lowest BCUT2D eigenvalue weighted by atomic mass is 9.93. The first-order valence-corrected chi connectivity index (χ1v) is 16.9. The number of carbonyl (C=O) groups excluding carboxylic acids is 2. The molecule has 3 N–H and O–H groups in total. The van der Waals surface area contributed by atoms with Crippen molar-refractivity contribution in [1.29, 1.82) is 0 Å². The maximum atomic E-state index is 14.8. The first-order valence-electron chi connectivity index (χ1n) is 15.2. The van der Waals surface area contributed by atoms with Crippen LogP contribution in [0.5, 0.6) is 5.75 Å². The Kier molecular flexibility index (Phi) is 9.76. The number of aromatic nitrogens is 1. The number of sulfone groups is 1. The number of rotatable bonds is 11. The van der Waals surface area contributed by atoms with Crippen LogP contribution in [-0.2, 0) is 24.2 Å².